The highest BCUT2D eigenvalue weighted by molar-refractivity contribution is 7.08. The van der Waals surface area contributed by atoms with Crippen LogP contribution in [0.1, 0.15) is 23.0 Å². The van der Waals surface area contributed by atoms with Crippen LogP contribution in [0, 0.1) is 0 Å². The van der Waals surface area contributed by atoms with Gasteiger partial charge in [-0.05, 0) is 22.4 Å². The number of carbonyl (C=O) groups is 1. The molecule has 88 valence electrons. The normalized spacial score (nSPS) is 23.3. The van der Waals surface area contributed by atoms with Crippen molar-refractivity contribution in [3.05, 3.63) is 40.1 Å². The molecule has 2 aromatic heterocycles. The van der Waals surface area contributed by atoms with Crippen molar-refractivity contribution in [2.45, 2.75) is 18.5 Å². The summed E-state index contributed by atoms with van der Waals surface area (Å²) < 4.78 is 0. The predicted octanol–water partition coefficient (Wildman–Crippen LogP) is 1.16. The zero-order valence-corrected chi connectivity index (χ0v) is 9.70. The molecule has 0 unspecified atom stereocenters. The fraction of sp³-hybridized carbons (Fsp3) is 0.273. The van der Waals surface area contributed by atoms with Crippen LogP contribution in [0.5, 0.6) is 0 Å². The van der Waals surface area contributed by atoms with E-state index in [1.807, 2.05) is 16.8 Å². The molecule has 0 radical (unpaired) electrons. The highest BCUT2D eigenvalue weighted by atomic mass is 32.1. The highest BCUT2D eigenvalue weighted by Crippen LogP contribution is 2.29. The highest BCUT2D eigenvalue weighted by Gasteiger charge is 2.33. The molecular formula is C11H11N3O2S. The van der Waals surface area contributed by atoms with E-state index in [9.17, 15) is 4.79 Å². The number of fused-ring (bicyclic) bond motifs is 1. The van der Waals surface area contributed by atoms with Crippen molar-refractivity contribution < 1.29 is 9.90 Å². The van der Waals surface area contributed by atoms with Crippen LogP contribution in [0.4, 0.5) is 0 Å². The molecule has 0 aliphatic carbocycles. The number of rotatable bonds is 2. The van der Waals surface area contributed by atoms with Gasteiger partial charge >= 0.3 is 5.97 Å². The third kappa shape index (κ3) is 1.75. The number of thiophene rings is 1. The van der Waals surface area contributed by atoms with Crippen LogP contribution in [0.3, 0.4) is 0 Å². The summed E-state index contributed by atoms with van der Waals surface area (Å²) in [6.45, 7) is 0. The number of nitrogens with one attached hydrogen (secondary N) is 2. The molecule has 1 aliphatic heterocycles. The summed E-state index contributed by atoms with van der Waals surface area (Å²) in [5.41, 5.74) is 2.88. The quantitative estimate of drug-likeness (QED) is 0.746. The van der Waals surface area contributed by atoms with Gasteiger partial charge in [-0.2, -0.15) is 11.3 Å². The Hall–Kier alpha value is -1.66. The Bertz CT molecular complexity index is 535. The Morgan fingerprint density at radius 3 is 3.18 bits per heavy atom. The molecule has 2 aromatic rings. The van der Waals surface area contributed by atoms with Gasteiger partial charge in [0.1, 0.15) is 6.04 Å². The molecule has 1 aliphatic rings. The molecule has 0 spiro atoms. The number of carboxylic acids is 1. The monoisotopic (exact) mass is 249 g/mol. The summed E-state index contributed by atoms with van der Waals surface area (Å²) in [7, 11) is 0. The minimum absolute atomic E-state index is 0.127. The molecule has 0 bridgehead atoms. The van der Waals surface area contributed by atoms with E-state index in [4.69, 9.17) is 5.11 Å². The number of hydrogen-bond donors (Lipinski definition) is 3. The van der Waals surface area contributed by atoms with Crippen molar-refractivity contribution in [1.82, 2.24) is 15.3 Å². The topological polar surface area (TPSA) is 78.0 Å². The second-order valence-electron chi connectivity index (χ2n) is 4.02. The Morgan fingerprint density at radius 2 is 2.47 bits per heavy atom. The minimum Gasteiger partial charge on any atom is -0.480 e. The number of aliphatic carboxylic acids is 1. The lowest BCUT2D eigenvalue weighted by atomic mass is 9.96. The van der Waals surface area contributed by atoms with Gasteiger partial charge in [0.2, 0.25) is 0 Å². The Kier molecular flexibility index (Phi) is 2.45. The summed E-state index contributed by atoms with van der Waals surface area (Å²) in [4.78, 5) is 18.4. The second kappa shape index (κ2) is 3.97. The van der Waals surface area contributed by atoms with Gasteiger partial charge in [0.15, 0.2) is 0 Å². The van der Waals surface area contributed by atoms with Crippen LogP contribution < -0.4 is 5.32 Å². The van der Waals surface area contributed by atoms with Crippen molar-refractivity contribution in [2.75, 3.05) is 0 Å². The van der Waals surface area contributed by atoms with Crippen LogP contribution >= 0.6 is 11.3 Å². The summed E-state index contributed by atoms with van der Waals surface area (Å²) in [6, 6.07) is 1.30. The SMILES string of the molecule is O=C(O)[C@@H]1Cc2[nH]cnc2[C@@H](c2ccsc2)N1. The summed E-state index contributed by atoms with van der Waals surface area (Å²) in [5, 5.41) is 16.2. The Morgan fingerprint density at radius 1 is 1.59 bits per heavy atom. The molecule has 5 nitrogen and oxygen atoms in total. The summed E-state index contributed by atoms with van der Waals surface area (Å²) in [6.07, 6.45) is 2.07. The standard InChI is InChI=1S/C11H11N3O2S/c15-11(16)8-3-7-10(13-5-12-7)9(14-8)6-1-2-17-4-6/h1-2,4-5,8-9,14H,3H2,(H,12,13)(H,15,16)/t8-,9+/m0/s1. The number of hydrogen-bond acceptors (Lipinski definition) is 4. The number of nitrogens with zero attached hydrogens (tertiary/aromatic N) is 1. The molecule has 0 aromatic carbocycles. The third-order valence-corrected chi connectivity index (χ3v) is 3.68. The summed E-state index contributed by atoms with van der Waals surface area (Å²) >= 11 is 1.59. The first-order valence-electron chi connectivity index (χ1n) is 5.29. The van der Waals surface area contributed by atoms with E-state index in [0.29, 0.717) is 6.42 Å². The lowest BCUT2D eigenvalue weighted by Crippen LogP contribution is -2.45. The predicted molar refractivity (Wildman–Crippen MR) is 63.0 cm³/mol. The number of H-pyrrole nitrogens is 1. The molecular weight excluding hydrogens is 238 g/mol. The maximum atomic E-state index is 11.1. The molecule has 17 heavy (non-hydrogen) atoms. The first-order valence-corrected chi connectivity index (χ1v) is 6.23. The average Bonchev–Trinajstić information content (AvgIpc) is 2.98. The van der Waals surface area contributed by atoms with Gasteiger partial charge in [-0.3, -0.25) is 10.1 Å². The summed E-state index contributed by atoms with van der Waals surface area (Å²) in [5.74, 6) is -0.828. The van der Waals surface area contributed by atoms with Crippen LogP contribution in [0.2, 0.25) is 0 Å². The van der Waals surface area contributed by atoms with Gasteiger partial charge in [0.05, 0.1) is 18.1 Å². The largest absolute Gasteiger partial charge is 0.480 e. The first kappa shape index (κ1) is 10.5. The van der Waals surface area contributed by atoms with Gasteiger partial charge in [-0.15, -0.1) is 0 Å². The van der Waals surface area contributed by atoms with Gasteiger partial charge in [-0.1, -0.05) is 0 Å². The lowest BCUT2D eigenvalue weighted by molar-refractivity contribution is -0.139. The minimum atomic E-state index is -0.828. The van der Waals surface area contributed by atoms with E-state index in [0.717, 1.165) is 17.0 Å². The number of aromatic amines is 1. The van der Waals surface area contributed by atoms with Crippen LogP contribution in [-0.4, -0.2) is 27.1 Å². The second-order valence-corrected chi connectivity index (χ2v) is 4.80. The zero-order valence-electron chi connectivity index (χ0n) is 8.88. The van der Waals surface area contributed by atoms with Crippen molar-refractivity contribution in [3.63, 3.8) is 0 Å². The van der Waals surface area contributed by atoms with Crippen LogP contribution in [-0.2, 0) is 11.2 Å². The van der Waals surface area contributed by atoms with Gasteiger partial charge in [-0.25, -0.2) is 4.98 Å². The molecule has 0 fully saturated rings. The van der Waals surface area contributed by atoms with Crippen LogP contribution in [0.15, 0.2) is 23.2 Å². The van der Waals surface area contributed by atoms with Crippen molar-refractivity contribution in [3.8, 4) is 0 Å². The number of aromatic nitrogens is 2. The Balaban J connectivity index is 2.01. The van der Waals surface area contributed by atoms with E-state index >= 15 is 0 Å². The average molecular weight is 249 g/mol. The maximum absolute atomic E-state index is 11.1. The van der Waals surface area contributed by atoms with Crippen molar-refractivity contribution in [2.24, 2.45) is 0 Å². The molecule has 6 heteroatoms. The number of carboxylic acid groups (broad SMARTS) is 1. The van der Waals surface area contributed by atoms with Crippen molar-refractivity contribution in [1.29, 1.82) is 0 Å². The van der Waals surface area contributed by atoms with Crippen LogP contribution in [0.25, 0.3) is 0 Å². The van der Waals surface area contributed by atoms with E-state index in [2.05, 4.69) is 15.3 Å². The lowest BCUT2D eigenvalue weighted by Gasteiger charge is -2.27. The van der Waals surface area contributed by atoms with E-state index in [1.54, 1.807) is 17.7 Å². The van der Waals surface area contributed by atoms with E-state index < -0.39 is 12.0 Å². The van der Waals surface area contributed by atoms with E-state index in [1.165, 1.54) is 0 Å². The molecule has 0 saturated heterocycles. The fourth-order valence-electron chi connectivity index (χ4n) is 2.14. The fourth-order valence-corrected chi connectivity index (χ4v) is 2.83. The molecule has 3 N–H and O–H groups in total. The van der Waals surface area contributed by atoms with Gasteiger partial charge in [0, 0.05) is 12.1 Å². The Labute approximate surface area is 102 Å². The molecule has 2 atom stereocenters. The van der Waals surface area contributed by atoms with Crippen molar-refractivity contribution >= 4 is 17.3 Å². The molecule has 0 amide bonds. The number of imidazole rings is 1. The third-order valence-electron chi connectivity index (χ3n) is 2.98. The molecule has 3 heterocycles. The first-order chi connectivity index (χ1) is 8.25. The smallest absolute Gasteiger partial charge is 0.321 e. The van der Waals surface area contributed by atoms with Gasteiger partial charge in [0.25, 0.3) is 0 Å². The maximum Gasteiger partial charge on any atom is 0.321 e. The van der Waals surface area contributed by atoms with E-state index in [-0.39, 0.29) is 6.04 Å². The zero-order chi connectivity index (χ0) is 11.8. The van der Waals surface area contributed by atoms with Gasteiger partial charge < -0.3 is 10.1 Å². The molecule has 0 saturated carbocycles. The molecule has 3 rings (SSSR count).